The summed E-state index contributed by atoms with van der Waals surface area (Å²) in [6.07, 6.45) is 1.53. The largest absolute Gasteiger partial charge is 0.493 e. The third-order valence-corrected chi connectivity index (χ3v) is 4.56. The van der Waals surface area contributed by atoms with Gasteiger partial charge in [-0.25, -0.2) is 5.43 Å². The van der Waals surface area contributed by atoms with Crippen molar-refractivity contribution in [3.63, 3.8) is 0 Å². The van der Waals surface area contributed by atoms with Crippen LogP contribution >= 0.6 is 11.6 Å². The quantitative estimate of drug-likeness (QED) is 0.373. The molecule has 6 nitrogen and oxygen atoms in total. The molecule has 0 radical (unpaired) electrons. The number of ether oxygens (including phenoxy) is 3. The van der Waals surface area contributed by atoms with E-state index in [1.807, 2.05) is 43.3 Å². The monoisotopic (exact) mass is 438 g/mol. The predicted octanol–water partition coefficient (Wildman–Crippen LogP) is 5.09. The summed E-state index contributed by atoms with van der Waals surface area (Å²) in [7, 11) is 1.57. The van der Waals surface area contributed by atoms with E-state index in [1.165, 1.54) is 6.21 Å². The zero-order valence-corrected chi connectivity index (χ0v) is 18.1. The van der Waals surface area contributed by atoms with Gasteiger partial charge in [0.1, 0.15) is 12.4 Å². The van der Waals surface area contributed by atoms with Crippen molar-refractivity contribution in [2.75, 3.05) is 13.7 Å². The van der Waals surface area contributed by atoms with Crippen LogP contribution in [0.15, 0.2) is 71.8 Å². The fraction of sp³-hybridized carbons (Fsp3) is 0.167. The fourth-order valence-corrected chi connectivity index (χ4v) is 2.91. The number of nitrogens with one attached hydrogen (secondary N) is 1. The molecule has 0 fully saturated rings. The van der Waals surface area contributed by atoms with Gasteiger partial charge in [0, 0.05) is 5.02 Å². The Hall–Kier alpha value is -3.51. The highest BCUT2D eigenvalue weighted by molar-refractivity contribution is 6.30. The third-order valence-electron chi connectivity index (χ3n) is 4.31. The van der Waals surface area contributed by atoms with Gasteiger partial charge in [0.2, 0.25) is 0 Å². The first-order valence-corrected chi connectivity index (χ1v) is 10.1. The van der Waals surface area contributed by atoms with Crippen molar-refractivity contribution in [2.24, 2.45) is 5.10 Å². The van der Waals surface area contributed by atoms with Gasteiger partial charge in [-0.3, -0.25) is 4.79 Å². The van der Waals surface area contributed by atoms with Crippen LogP contribution in [0.4, 0.5) is 0 Å². The van der Waals surface area contributed by atoms with Crippen LogP contribution < -0.4 is 19.6 Å². The van der Waals surface area contributed by atoms with E-state index in [1.54, 1.807) is 37.4 Å². The summed E-state index contributed by atoms with van der Waals surface area (Å²) < 4.78 is 16.7. The molecule has 7 heteroatoms. The summed E-state index contributed by atoms with van der Waals surface area (Å²) in [5, 5.41) is 4.72. The van der Waals surface area contributed by atoms with Crippen molar-refractivity contribution < 1.29 is 19.0 Å². The van der Waals surface area contributed by atoms with Crippen molar-refractivity contribution >= 4 is 23.7 Å². The van der Waals surface area contributed by atoms with Crippen LogP contribution in [0.3, 0.4) is 0 Å². The molecule has 1 N–H and O–H groups in total. The first-order valence-electron chi connectivity index (χ1n) is 9.71. The van der Waals surface area contributed by atoms with Crippen LogP contribution in [-0.2, 0) is 6.61 Å². The Morgan fingerprint density at radius 1 is 1.00 bits per heavy atom. The van der Waals surface area contributed by atoms with Crippen molar-refractivity contribution in [2.45, 2.75) is 13.5 Å². The van der Waals surface area contributed by atoms with E-state index in [0.717, 1.165) is 11.1 Å². The van der Waals surface area contributed by atoms with Crippen molar-refractivity contribution in [1.82, 2.24) is 5.43 Å². The van der Waals surface area contributed by atoms with E-state index >= 15 is 0 Å². The highest BCUT2D eigenvalue weighted by Gasteiger charge is 2.11. The summed E-state index contributed by atoms with van der Waals surface area (Å²) in [6, 6.07) is 19.9. The lowest BCUT2D eigenvalue weighted by atomic mass is 10.2. The molecular weight excluding hydrogens is 416 g/mol. The molecule has 0 bridgehead atoms. The average Bonchev–Trinajstić information content (AvgIpc) is 2.79. The molecule has 3 rings (SSSR count). The molecule has 31 heavy (non-hydrogen) atoms. The molecule has 0 aliphatic rings. The second-order valence-electron chi connectivity index (χ2n) is 6.45. The van der Waals surface area contributed by atoms with Gasteiger partial charge in [0.05, 0.1) is 25.5 Å². The summed E-state index contributed by atoms with van der Waals surface area (Å²) in [4.78, 5) is 12.4. The number of halogens is 1. The van der Waals surface area contributed by atoms with E-state index < -0.39 is 0 Å². The number of hydrazone groups is 1. The highest BCUT2D eigenvalue weighted by atomic mass is 35.5. The number of para-hydroxylation sites is 1. The number of benzene rings is 3. The smallest absolute Gasteiger partial charge is 0.275 e. The second-order valence-corrected chi connectivity index (χ2v) is 6.89. The topological polar surface area (TPSA) is 69.2 Å². The molecule has 0 aliphatic heterocycles. The van der Waals surface area contributed by atoms with E-state index in [4.69, 9.17) is 25.8 Å². The second kappa shape index (κ2) is 11.0. The number of methoxy groups -OCH3 is 1. The van der Waals surface area contributed by atoms with E-state index in [9.17, 15) is 4.79 Å². The number of carbonyl (C=O) groups is 1. The van der Waals surface area contributed by atoms with Crippen LogP contribution in [0.25, 0.3) is 0 Å². The summed E-state index contributed by atoms with van der Waals surface area (Å²) in [6.45, 7) is 2.72. The average molecular weight is 439 g/mol. The minimum atomic E-state index is -0.352. The number of carbonyl (C=O) groups excluding carboxylic acids is 1. The molecular formula is C24H23ClN2O4. The molecule has 3 aromatic rings. The van der Waals surface area contributed by atoms with E-state index in [-0.39, 0.29) is 5.91 Å². The molecule has 3 aromatic carbocycles. The molecule has 0 saturated carbocycles. The first kappa shape index (κ1) is 22.2. The van der Waals surface area contributed by atoms with E-state index in [2.05, 4.69) is 10.5 Å². The Bertz CT molecular complexity index is 1050. The number of amides is 1. The number of nitrogens with zero attached hydrogens (tertiary/aromatic N) is 1. The maximum absolute atomic E-state index is 12.4. The Morgan fingerprint density at radius 2 is 1.77 bits per heavy atom. The minimum Gasteiger partial charge on any atom is -0.493 e. The molecule has 0 saturated heterocycles. The first-order chi connectivity index (χ1) is 15.1. The molecule has 0 spiro atoms. The Balaban J connectivity index is 1.63. The Kier molecular flexibility index (Phi) is 7.90. The van der Waals surface area contributed by atoms with Gasteiger partial charge >= 0.3 is 0 Å². The van der Waals surface area contributed by atoms with Crippen LogP contribution in [0.2, 0.25) is 5.02 Å². The van der Waals surface area contributed by atoms with Gasteiger partial charge in [0.15, 0.2) is 11.5 Å². The van der Waals surface area contributed by atoms with Gasteiger partial charge in [-0.05, 0) is 60.5 Å². The number of hydrogen-bond acceptors (Lipinski definition) is 5. The fourth-order valence-electron chi connectivity index (χ4n) is 2.79. The van der Waals surface area contributed by atoms with Crippen LogP contribution in [-0.4, -0.2) is 25.8 Å². The van der Waals surface area contributed by atoms with E-state index in [0.29, 0.717) is 41.0 Å². The lowest BCUT2D eigenvalue weighted by molar-refractivity contribution is 0.0951. The summed E-state index contributed by atoms with van der Waals surface area (Å²) in [5.41, 5.74) is 4.68. The number of hydrogen-bond donors (Lipinski definition) is 1. The van der Waals surface area contributed by atoms with Crippen molar-refractivity contribution in [3.8, 4) is 17.2 Å². The Labute approximate surface area is 186 Å². The third kappa shape index (κ3) is 6.23. The number of rotatable bonds is 9. The van der Waals surface area contributed by atoms with Crippen LogP contribution in [0, 0.1) is 0 Å². The minimum absolute atomic E-state index is 0.352. The van der Waals surface area contributed by atoms with Crippen LogP contribution in [0.5, 0.6) is 17.2 Å². The zero-order valence-electron chi connectivity index (χ0n) is 17.3. The van der Waals surface area contributed by atoms with Crippen molar-refractivity contribution in [3.05, 3.63) is 88.4 Å². The summed E-state index contributed by atoms with van der Waals surface area (Å²) in [5.74, 6) is 1.33. The lowest BCUT2D eigenvalue weighted by Gasteiger charge is -2.11. The van der Waals surface area contributed by atoms with Crippen molar-refractivity contribution in [1.29, 1.82) is 0 Å². The molecule has 1 amide bonds. The molecule has 0 heterocycles. The maximum Gasteiger partial charge on any atom is 0.275 e. The van der Waals surface area contributed by atoms with Crippen LogP contribution in [0.1, 0.15) is 28.4 Å². The van der Waals surface area contributed by atoms with Gasteiger partial charge in [-0.1, -0.05) is 35.9 Å². The SMILES string of the molecule is CCOc1ccccc1C(=O)N/N=C/c1ccc(OCc2ccc(Cl)cc2)c(OC)c1. The predicted molar refractivity (Wildman–Crippen MR) is 121 cm³/mol. The molecule has 0 aliphatic carbocycles. The molecule has 160 valence electrons. The highest BCUT2D eigenvalue weighted by Crippen LogP contribution is 2.28. The maximum atomic E-state index is 12.4. The zero-order chi connectivity index (χ0) is 22.1. The van der Waals surface area contributed by atoms with Gasteiger partial charge in [0.25, 0.3) is 5.91 Å². The van der Waals surface area contributed by atoms with Gasteiger partial charge in [-0.2, -0.15) is 5.10 Å². The molecule has 0 aromatic heterocycles. The standard InChI is InChI=1S/C24H23ClN2O4/c1-3-30-21-7-5-4-6-20(21)24(28)27-26-15-18-10-13-22(23(14-18)29-2)31-16-17-8-11-19(25)12-9-17/h4-15H,3,16H2,1-2H3,(H,27,28)/b26-15+. The Morgan fingerprint density at radius 3 is 2.52 bits per heavy atom. The van der Waals surface area contributed by atoms with Gasteiger partial charge in [-0.15, -0.1) is 0 Å². The molecule has 0 unspecified atom stereocenters. The lowest BCUT2D eigenvalue weighted by Crippen LogP contribution is -2.18. The summed E-state index contributed by atoms with van der Waals surface area (Å²) >= 11 is 5.91. The van der Waals surface area contributed by atoms with Gasteiger partial charge < -0.3 is 14.2 Å². The molecule has 0 atom stereocenters. The normalized spacial score (nSPS) is 10.7.